The molecule has 14 heteroatoms. The molecule has 9 nitrogen and oxygen atoms in total. The molecular formula is C23H27F3N2O7S2. The van der Waals surface area contributed by atoms with E-state index in [9.17, 15) is 36.0 Å². The topological polar surface area (TPSA) is 128 Å². The molecule has 2 N–H and O–H groups in total. The van der Waals surface area contributed by atoms with Crippen molar-refractivity contribution in [3.8, 4) is 0 Å². The van der Waals surface area contributed by atoms with Crippen molar-refractivity contribution in [2.45, 2.75) is 56.3 Å². The van der Waals surface area contributed by atoms with Gasteiger partial charge in [-0.2, -0.15) is 17.9 Å². The van der Waals surface area contributed by atoms with Crippen LogP contribution in [0.5, 0.6) is 0 Å². The summed E-state index contributed by atoms with van der Waals surface area (Å²) in [6.45, 7) is 4.19. The monoisotopic (exact) mass is 564 g/mol. The first-order chi connectivity index (χ1) is 17.0. The summed E-state index contributed by atoms with van der Waals surface area (Å²) >= 11 is 1.11. The highest BCUT2D eigenvalue weighted by Gasteiger charge is 2.33. The maximum Gasteiger partial charge on any atom is 0.416 e. The Morgan fingerprint density at radius 2 is 1.65 bits per heavy atom. The number of ether oxygens (including phenoxy) is 2. The molecule has 0 aliphatic carbocycles. The van der Waals surface area contributed by atoms with Gasteiger partial charge in [0, 0.05) is 11.4 Å². The number of rotatable bonds is 10. The normalized spacial score (nSPS) is 13.1. The highest BCUT2D eigenvalue weighted by atomic mass is 32.2. The molecule has 1 amide bonds. The molecule has 0 saturated heterocycles. The Balaban J connectivity index is 2.16. The Morgan fingerprint density at radius 3 is 2.19 bits per heavy atom. The number of aryl methyl sites for hydroxylation is 1. The van der Waals surface area contributed by atoms with Crippen molar-refractivity contribution in [1.82, 2.24) is 10.0 Å². The first kappa shape index (κ1) is 30.3. The van der Waals surface area contributed by atoms with Crippen LogP contribution in [0, 0.1) is 0 Å². The molecule has 0 bridgehead atoms. The average Bonchev–Trinajstić information content (AvgIpc) is 3.27. The summed E-state index contributed by atoms with van der Waals surface area (Å²) in [7, 11) is -3.19. The summed E-state index contributed by atoms with van der Waals surface area (Å²) in [5.41, 5.74) is -2.02. The van der Waals surface area contributed by atoms with Gasteiger partial charge in [0.25, 0.3) is 5.91 Å². The Kier molecular flexibility index (Phi) is 9.85. The lowest BCUT2D eigenvalue weighted by Gasteiger charge is -2.24. The molecule has 1 aromatic carbocycles. The zero-order valence-electron chi connectivity index (χ0n) is 20.5. The van der Waals surface area contributed by atoms with Gasteiger partial charge < -0.3 is 14.8 Å². The zero-order chi connectivity index (χ0) is 28.0. The molecule has 0 aliphatic rings. The van der Waals surface area contributed by atoms with E-state index in [2.05, 4.69) is 14.8 Å². The second-order valence-corrected chi connectivity index (χ2v) is 11.7. The minimum Gasteiger partial charge on any atom is -0.469 e. The number of carbonyl (C=O) groups is 3. The Labute approximate surface area is 216 Å². The maximum atomic E-state index is 12.8. The molecule has 1 aromatic heterocycles. The standard InChI is InChI=1S/C23H27F3N2O7S2/c1-22(2,3)35-21(31)17(28-37(32,33)16-9-5-14(6-10-16)23(24,25)26)13-27-20(30)18-11-7-15(36-18)8-12-19(29)34-4/h5-7,9-11,17,28H,8,12-13H2,1-4H3,(H,27,30)/t17-/m0/s1. The molecule has 0 unspecified atom stereocenters. The number of carbonyl (C=O) groups excluding carboxylic acids is 3. The molecule has 0 spiro atoms. The number of alkyl halides is 3. The van der Waals surface area contributed by atoms with Gasteiger partial charge in [0.15, 0.2) is 0 Å². The minimum absolute atomic E-state index is 0.129. The largest absolute Gasteiger partial charge is 0.469 e. The SMILES string of the molecule is COC(=O)CCc1ccc(C(=O)NC[C@H](NS(=O)(=O)c2ccc(C(F)(F)F)cc2)C(=O)OC(C)(C)C)s1. The number of halogens is 3. The molecule has 204 valence electrons. The van der Waals surface area contributed by atoms with Gasteiger partial charge in [-0.1, -0.05) is 0 Å². The highest BCUT2D eigenvalue weighted by molar-refractivity contribution is 7.89. The van der Waals surface area contributed by atoms with Gasteiger partial charge in [0.2, 0.25) is 10.0 Å². The third-order valence-electron chi connectivity index (χ3n) is 4.64. The van der Waals surface area contributed by atoms with Crippen LogP contribution in [-0.2, 0) is 41.7 Å². The van der Waals surface area contributed by atoms with Crippen LogP contribution in [0.1, 0.15) is 47.3 Å². The smallest absolute Gasteiger partial charge is 0.416 e. The molecule has 0 fully saturated rings. The predicted molar refractivity (Wildman–Crippen MR) is 128 cm³/mol. The van der Waals surface area contributed by atoms with E-state index in [0.717, 1.165) is 28.3 Å². The molecule has 1 atom stereocenters. The lowest BCUT2D eigenvalue weighted by atomic mass is 10.2. The maximum absolute atomic E-state index is 12.8. The van der Waals surface area contributed by atoms with Gasteiger partial charge in [-0.05, 0) is 63.6 Å². The highest BCUT2D eigenvalue weighted by Crippen LogP contribution is 2.29. The molecule has 0 aliphatic heterocycles. The third kappa shape index (κ3) is 9.44. The van der Waals surface area contributed by atoms with Crippen molar-refractivity contribution in [2.24, 2.45) is 0 Å². The van der Waals surface area contributed by atoms with Crippen molar-refractivity contribution in [3.05, 3.63) is 51.7 Å². The van der Waals surface area contributed by atoms with Crippen molar-refractivity contribution in [1.29, 1.82) is 0 Å². The quantitative estimate of drug-likeness (QED) is 0.424. The number of thiophene rings is 1. The van der Waals surface area contributed by atoms with E-state index >= 15 is 0 Å². The summed E-state index contributed by atoms with van der Waals surface area (Å²) in [6, 6.07) is 4.33. The van der Waals surface area contributed by atoms with Gasteiger partial charge in [0.1, 0.15) is 11.6 Å². The van der Waals surface area contributed by atoms with Crippen LogP contribution in [0.2, 0.25) is 0 Å². The number of sulfonamides is 1. The summed E-state index contributed by atoms with van der Waals surface area (Å²) in [5.74, 6) is -2.00. The van der Waals surface area contributed by atoms with Crippen LogP contribution in [0.4, 0.5) is 13.2 Å². The summed E-state index contributed by atoms with van der Waals surface area (Å²) in [6.07, 6.45) is -4.16. The van der Waals surface area contributed by atoms with E-state index in [0.29, 0.717) is 18.6 Å². The minimum atomic E-state index is -4.65. The van der Waals surface area contributed by atoms with Gasteiger partial charge in [-0.15, -0.1) is 11.3 Å². The number of esters is 2. The lowest BCUT2D eigenvalue weighted by Crippen LogP contribution is -2.50. The third-order valence-corrected chi connectivity index (χ3v) is 7.27. The van der Waals surface area contributed by atoms with Gasteiger partial charge >= 0.3 is 18.1 Å². The molecule has 2 rings (SSSR count). The Morgan fingerprint density at radius 1 is 1.03 bits per heavy atom. The van der Waals surface area contributed by atoms with Crippen molar-refractivity contribution in [2.75, 3.05) is 13.7 Å². The van der Waals surface area contributed by atoms with E-state index in [4.69, 9.17) is 4.74 Å². The van der Waals surface area contributed by atoms with E-state index in [1.807, 2.05) is 0 Å². The average molecular weight is 565 g/mol. The van der Waals surface area contributed by atoms with Crippen LogP contribution in [0.25, 0.3) is 0 Å². The molecule has 0 saturated carbocycles. The van der Waals surface area contributed by atoms with E-state index in [-0.39, 0.29) is 11.3 Å². The number of benzene rings is 1. The van der Waals surface area contributed by atoms with Gasteiger partial charge in [-0.25, -0.2) is 8.42 Å². The first-order valence-electron chi connectivity index (χ1n) is 10.9. The van der Waals surface area contributed by atoms with E-state index in [1.54, 1.807) is 26.8 Å². The first-order valence-corrected chi connectivity index (χ1v) is 13.2. The molecule has 0 radical (unpaired) electrons. The Hall–Kier alpha value is -2.97. The predicted octanol–water partition coefficient (Wildman–Crippen LogP) is 3.29. The van der Waals surface area contributed by atoms with Crippen LogP contribution in [0.3, 0.4) is 0 Å². The fourth-order valence-corrected chi connectivity index (χ4v) is 4.98. The molecule has 37 heavy (non-hydrogen) atoms. The van der Waals surface area contributed by atoms with Crippen LogP contribution >= 0.6 is 11.3 Å². The van der Waals surface area contributed by atoms with E-state index in [1.165, 1.54) is 13.2 Å². The summed E-state index contributed by atoms with van der Waals surface area (Å²) in [4.78, 5) is 37.1. The fraction of sp³-hybridized carbons (Fsp3) is 0.435. The van der Waals surface area contributed by atoms with E-state index < -0.39 is 62.7 Å². The molecular weight excluding hydrogens is 537 g/mol. The summed E-state index contributed by atoms with van der Waals surface area (Å²) < 4.78 is 76.0. The van der Waals surface area contributed by atoms with Crippen LogP contribution in [0.15, 0.2) is 41.3 Å². The number of amides is 1. The number of hydrogen-bond donors (Lipinski definition) is 2. The van der Waals surface area contributed by atoms with Crippen molar-refractivity contribution >= 4 is 39.2 Å². The van der Waals surface area contributed by atoms with Gasteiger partial charge in [-0.3, -0.25) is 14.4 Å². The van der Waals surface area contributed by atoms with Gasteiger partial charge in [0.05, 0.1) is 28.9 Å². The zero-order valence-corrected chi connectivity index (χ0v) is 22.1. The lowest BCUT2D eigenvalue weighted by molar-refractivity contribution is -0.156. The fourth-order valence-electron chi connectivity index (χ4n) is 2.87. The van der Waals surface area contributed by atoms with Crippen molar-refractivity contribution < 1.29 is 45.4 Å². The summed E-state index contributed by atoms with van der Waals surface area (Å²) in [5, 5.41) is 2.46. The number of hydrogen-bond acceptors (Lipinski definition) is 8. The Bertz CT molecular complexity index is 1220. The van der Waals surface area contributed by atoms with Crippen LogP contribution in [-0.4, -0.2) is 51.6 Å². The van der Waals surface area contributed by atoms with Crippen molar-refractivity contribution in [3.63, 3.8) is 0 Å². The second kappa shape index (κ2) is 12.0. The number of nitrogens with one attached hydrogen (secondary N) is 2. The number of methoxy groups -OCH3 is 1. The second-order valence-electron chi connectivity index (χ2n) is 8.78. The molecule has 1 heterocycles. The molecule has 2 aromatic rings. The van der Waals surface area contributed by atoms with Crippen LogP contribution < -0.4 is 10.0 Å².